The van der Waals surface area contributed by atoms with E-state index in [1.54, 1.807) is 18.2 Å². The fourth-order valence-electron chi connectivity index (χ4n) is 5.53. The Morgan fingerprint density at radius 1 is 1.18 bits per heavy atom. The summed E-state index contributed by atoms with van der Waals surface area (Å²) in [5.41, 5.74) is 1.17. The van der Waals surface area contributed by atoms with Crippen molar-refractivity contribution < 1.29 is 32.9 Å². The highest BCUT2D eigenvalue weighted by Crippen LogP contribution is 2.43. The van der Waals surface area contributed by atoms with E-state index in [-0.39, 0.29) is 19.4 Å². The number of hydrogen-bond acceptors (Lipinski definition) is 6. The number of aliphatic hydroxyl groups is 1. The average Bonchev–Trinajstić information content (AvgIpc) is 2.91. The van der Waals surface area contributed by atoms with Crippen LogP contribution < -0.4 is 10.1 Å². The van der Waals surface area contributed by atoms with Crippen LogP contribution in [0.5, 0.6) is 5.75 Å². The number of aromatic nitrogens is 1. The maximum Gasteiger partial charge on any atom is 0.303 e. The summed E-state index contributed by atoms with van der Waals surface area (Å²) in [6.45, 7) is 2.02. The molecule has 1 saturated heterocycles. The third-order valence-electron chi connectivity index (χ3n) is 7.67. The van der Waals surface area contributed by atoms with Crippen molar-refractivity contribution in [2.75, 3.05) is 38.6 Å². The molecule has 1 fully saturated rings. The van der Waals surface area contributed by atoms with E-state index in [2.05, 4.69) is 15.2 Å². The van der Waals surface area contributed by atoms with Crippen LogP contribution in [0.25, 0.3) is 10.9 Å². The van der Waals surface area contributed by atoms with Gasteiger partial charge in [-0.2, -0.15) is 0 Å². The molecular formula is C29H34F3N3O4. The first-order chi connectivity index (χ1) is 18.7. The molecule has 1 aliphatic heterocycles. The first-order valence-electron chi connectivity index (χ1n) is 13.1. The van der Waals surface area contributed by atoms with Gasteiger partial charge in [0, 0.05) is 47.6 Å². The molecule has 1 aliphatic rings. The number of methoxy groups -OCH3 is 1. The summed E-state index contributed by atoms with van der Waals surface area (Å²) < 4.78 is 48.0. The van der Waals surface area contributed by atoms with Crippen molar-refractivity contribution in [3.63, 3.8) is 0 Å². The summed E-state index contributed by atoms with van der Waals surface area (Å²) in [6.07, 6.45) is 1.71. The second kappa shape index (κ2) is 12.7. The number of pyridine rings is 1. The van der Waals surface area contributed by atoms with Crippen LogP contribution in [0.15, 0.2) is 42.6 Å². The maximum atomic E-state index is 15.9. The van der Waals surface area contributed by atoms with Crippen molar-refractivity contribution in [3.8, 4) is 5.75 Å². The van der Waals surface area contributed by atoms with Crippen LogP contribution in [-0.2, 0) is 11.4 Å². The number of hydrogen-bond donors (Lipinski definition) is 3. The van der Waals surface area contributed by atoms with E-state index in [1.165, 1.54) is 25.4 Å². The highest BCUT2D eigenvalue weighted by Gasteiger charge is 2.37. The van der Waals surface area contributed by atoms with E-state index in [1.807, 2.05) is 0 Å². The highest BCUT2D eigenvalue weighted by molar-refractivity contribution is 5.85. The molecule has 2 aromatic carbocycles. The Labute approximate surface area is 225 Å². The predicted octanol–water partition coefficient (Wildman–Crippen LogP) is 5.47. The normalized spacial score (nSPS) is 16.2. The van der Waals surface area contributed by atoms with Crippen LogP contribution in [0.3, 0.4) is 0 Å². The smallest absolute Gasteiger partial charge is 0.303 e. The van der Waals surface area contributed by atoms with Crippen molar-refractivity contribution >= 4 is 22.6 Å². The number of alkyl halides is 1. The number of piperidine rings is 1. The maximum absolute atomic E-state index is 15.9. The van der Waals surface area contributed by atoms with Gasteiger partial charge in [-0.3, -0.25) is 9.78 Å². The van der Waals surface area contributed by atoms with Gasteiger partial charge in [-0.05, 0) is 74.5 Å². The van der Waals surface area contributed by atoms with Gasteiger partial charge in [-0.25, -0.2) is 13.2 Å². The minimum Gasteiger partial charge on any atom is -0.497 e. The number of nitrogens with one attached hydrogen (secondary N) is 1. The third-order valence-corrected chi connectivity index (χ3v) is 7.67. The van der Waals surface area contributed by atoms with Crippen molar-refractivity contribution in [1.82, 2.24) is 9.88 Å². The number of carbonyl (C=O) groups is 1. The zero-order valence-electron chi connectivity index (χ0n) is 21.9. The second-order valence-corrected chi connectivity index (χ2v) is 10.2. The Morgan fingerprint density at radius 3 is 2.54 bits per heavy atom. The molecule has 0 amide bonds. The van der Waals surface area contributed by atoms with E-state index in [0.29, 0.717) is 78.9 Å². The summed E-state index contributed by atoms with van der Waals surface area (Å²) in [5.74, 6) is -1.65. The molecule has 2 heterocycles. The average molecular weight is 546 g/mol. The number of rotatable bonds is 12. The van der Waals surface area contributed by atoms with Gasteiger partial charge in [0.25, 0.3) is 0 Å². The van der Waals surface area contributed by atoms with Gasteiger partial charge in [-0.15, -0.1) is 0 Å². The molecule has 0 radical (unpaired) electrons. The number of carboxylic acid groups (broad SMARTS) is 1. The number of aliphatic hydroxyl groups excluding tert-OH is 1. The molecular weight excluding hydrogens is 511 g/mol. The quantitative estimate of drug-likeness (QED) is 0.278. The third kappa shape index (κ3) is 7.19. The molecule has 0 saturated carbocycles. The number of halogens is 3. The number of carboxylic acids is 1. The fraction of sp³-hybridized carbons (Fsp3) is 0.448. The molecule has 3 aromatic rings. The summed E-state index contributed by atoms with van der Waals surface area (Å²) >= 11 is 0. The molecule has 0 unspecified atom stereocenters. The van der Waals surface area contributed by atoms with Crippen LogP contribution in [0.4, 0.5) is 18.9 Å². The number of nitrogens with zero attached hydrogens (tertiary/aromatic N) is 2. The van der Waals surface area contributed by atoms with E-state index in [4.69, 9.17) is 4.74 Å². The van der Waals surface area contributed by atoms with Crippen molar-refractivity contribution in [2.45, 2.75) is 44.9 Å². The molecule has 3 N–H and O–H groups in total. The van der Waals surface area contributed by atoms with Crippen LogP contribution in [-0.4, -0.2) is 59.4 Å². The predicted molar refractivity (Wildman–Crippen MR) is 143 cm³/mol. The summed E-state index contributed by atoms with van der Waals surface area (Å²) in [6, 6.07) is 8.47. The first-order valence-corrected chi connectivity index (χ1v) is 13.1. The molecule has 0 aliphatic carbocycles. The van der Waals surface area contributed by atoms with Gasteiger partial charge in [0.2, 0.25) is 0 Å². The number of anilines is 1. The zero-order chi connectivity index (χ0) is 28.0. The molecule has 1 atom stereocenters. The minimum atomic E-state index is -1.41. The van der Waals surface area contributed by atoms with Gasteiger partial charge in [0.05, 0.1) is 25.7 Å². The van der Waals surface area contributed by atoms with Gasteiger partial charge in [0.15, 0.2) is 0 Å². The molecule has 39 heavy (non-hydrogen) atoms. The van der Waals surface area contributed by atoms with Gasteiger partial charge >= 0.3 is 5.97 Å². The molecule has 1 aromatic heterocycles. The van der Waals surface area contributed by atoms with E-state index in [9.17, 15) is 23.8 Å². The number of benzene rings is 2. The molecule has 4 rings (SSSR count). The lowest BCUT2D eigenvalue weighted by atomic mass is 9.71. The molecule has 10 heteroatoms. The minimum absolute atomic E-state index is 0.0495. The fourth-order valence-corrected chi connectivity index (χ4v) is 5.53. The van der Waals surface area contributed by atoms with Gasteiger partial charge in [-0.1, -0.05) is 0 Å². The zero-order valence-corrected chi connectivity index (χ0v) is 21.9. The SMILES string of the molecule is COc1ccc2ncc(CO)c([C@H](F)CCC3(CC(=O)O)CCN(CCNc4cc(F)cc(F)c4)CC3)c2c1. The lowest BCUT2D eigenvalue weighted by Crippen LogP contribution is -2.43. The molecule has 210 valence electrons. The Kier molecular flexibility index (Phi) is 9.29. The Morgan fingerprint density at radius 2 is 1.90 bits per heavy atom. The standard InChI is InChI=1S/C29H34F3N3O4/c1-39-23-2-3-26-24(15-23)28(19(18-36)17-34-26)25(32)4-5-29(16-27(37)38)6-9-35(10-7-29)11-8-33-22-13-20(30)12-21(31)14-22/h2-3,12-15,17,25,33,36H,4-11,16,18H2,1H3,(H,37,38)/t25-/m1/s1. The van der Waals surface area contributed by atoms with E-state index < -0.39 is 29.2 Å². The number of likely N-dealkylation sites (tertiary alicyclic amines) is 1. The van der Waals surface area contributed by atoms with Crippen molar-refractivity contribution in [2.24, 2.45) is 5.41 Å². The van der Waals surface area contributed by atoms with Crippen molar-refractivity contribution in [1.29, 1.82) is 0 Å². The summed E-state index contributed by atoms with van der Waals surface area (Å²) in [5, 5.41) is 23.1. The van der Waals surface area contributed by atoms with Crippen molar-refractivity contribution in [3.05, 3.63) is 65.4 Å². The monoisotopic (exact) mass is 545 g/mol. The van der Waals surface area contributed by atoms with E-state index >= 15 is 4.39 Å². The van der Waals surface area contributed by atoms with Crippen LogP contribution >= 0.6 is 0 Å². The van der Waals surface area contributed by atoms with Gasteiger partial charge in [0.1, 0.15) is 23.6 Å². The largest absolute Gasteiger partial charge is 0.497 e. The molecule has 7 nitrogen and oxygen atoms in total. The lowest BCUT2D eigenvalue weighted by Gasteiger charge is -2.41. The number of aliphatic carboxylic acids is 1. The lowest BCUT2D eigenvalue weighted by molar-refractivity contribution is -0.141. The first kappa shape index (κ1) is 28.6. The summed E-state index contributed by atoms with van der Waals surface area (Å²) in [4.78, 5) is 18.3. The highest BCUT2D eigenvalue weighted by atomic mass is 19.1. The summed E-state index contributed by atoms with van der Waals surface area (Å²) in [7, 11) is 1.52. The molecule has 0 bridgehead atoms. The van der Waals surface area contributed by atoms with Crippen LogP contribution in [0, 0.1) is 17.0 Å². The van der Waals surface area contributed by atoms with Crippen LogP contribution in [0.2, 0.25) is 0 Å². The Bertz CT molecular complexity index is 1270. The Balaban J connectivity index is 1.40. The number of fused-ring (bicyclic) bond motifs is 1. The number of ether oxygens (including phenoxy) is 1. The second-order valence-electron chi connectivity index (χ2n) is 10.2. The van der Waals surface area contributed by atoms with Crippen LogP contribution in [0.1, 0.15) is 49.4 Å². The van der Waals surface area contributed by atoms with E-state index in [0.717, 1.165) is 6.07 Å². The van der Waals surface area contributed by atoms with Gasteiger partial charge < -0.3 is 25.2 Å². The Hall–Kier alpha value is -3.37. The molecule has 0 spiro atoms. The topological polar surface area (TPSA) is 94.9 Å².